The Kier molecular flexibility index (Phi) is 2.12. The lowest BCUT2D eigenvalue weighted by Gasteiger charge is -2.20. The molecule has 0 aromatic carbocycles. The maximum Gasteiger partial charge on any atom is 0.0209 e. The molecular formula is C6H12NO2S-. The van der Waals surface area contributed by atoms with Crippen LogP contribution in [0.2, 0.25) is 0 Å². The zero-order valence-electron chi connectivity index (χ0n) is 6.29. The van der Waals surface area contributed by atoms with E-state index in [9.17, 15) is 8.76 Å². The maximum absolute atomic E-state index is 10.4. The van der Waals surface area contributed by atoms with Gasteiger partial charge in [-0.1, -0.05) is 13.8 Å². The smallest absolute Gasteiger partial charge is 0.0209 e. The molecule has 0 radical (unpaired) electrons. The summed E-state index contributed by atoms with van der Waals surface area (Å²) in [6, 6.07) is 0. The van der Waals surface area contributed by atoms with Crippen molar-refractivity contribution in [2.45, 2.75) is 20.3 Å². The van der Waals surface area contributed by atoms with Gasteiger partial charge < -0.3 is 4.55 Å². The summed E-state index contributed by atoms with van der Waals surface area (Å²) < 4.78 is 22.3. The third-order valence-electron chi connectivity index (χ3n) is 1.85. The third kappa shape index (κ3) is 1.78. The number of rotatable bonds is 1. The maximum atomic E-state index is 10.4. The fraction of sp³-hybridized carbons (Fsp3) is 1.00. The highest BCUT2D eigenvalue weighted by Crippen LogP contribution is 2.28. The Bertz CT molecular complexity index is 158. The minimum atomic E-state index is -2.00. The summed E-state index contributed by atoms with van der Waals surface area (Å²) in [6.45, 7) is 5.52. The van der Waals surface area contributed by atoms with Gasteiger partial charge in [-0.05, 0) is 11.8 Å². The number of hydrogen-bond donors (Lipinski definition) is 0. The van der Waals surface area contributed by atoms with Gasteiger partial charge >= 0.3 is 0 Å². The van der Waals surface area contributed by atoms with Gasteiger partial charge in [-0.3, -0.25) is 4.21 Å². The first-order valence-electron chi connectivity index (χ1n) is 3.36. The van der Waals surface area contributed by atoms with Crippen molar-refractivity contribution in [2.75, 3.05) is 13.1 Å². The van der Waals surface area contributed by atoms with Crippen molar-refractivity contribution in [1.29, 1.82) is 0 Å². The molecule has 1 rings (SSSR count). The number of nitrogens with zero attached hydrogens (tertiary/aromatic N) is 1. The van der Waals surface area contributed by atoms with Crippen molar-refractivity contribution in [3.63, 3.8) is 0 Å². The highest BCUT2D eigenvalue weighted by Gasteiger charge is 2.29. The normalized spacial score (nSPS) is 28.7. The molecule has 1 fully saturated rings. The monoisotopic (exact) mass is 162 g/mol. The lowest BCUT2D eigenvalue weighted by atomic mass is 9.93. The molecular weight excluding hydrogens is 150 g/mol. The number of hydrogen-bond acceptors (Lipinski definition) is 2. The van der Waals surface area contributed by atoms with E-state index in [0.29, 0.717) is 13.1 Å². The Balaban J connectivity index is 2.51. The Labute approximate surface area is 63.8 Å². The second-order valence-electron chi connectivity index (χ2n) is 3.49. The quantitative estimate of drug-likeness (QED) is 0.527. The molecule has 0 aromatic heterocycles. The first-order valence-corrected chi connectivity index (χ1v) is 4.39. The Morgan fingerprint density at radius 3 is 2.40 bits per heavy atom. The molecule has 0 bridgehead atoms. The molecule has 0 amide bonds. The molecule has 1 unspecified atom stereocenters. The average molecular weight is 162 g/mol. The summed E-state index contributed by atoms with van der Waals surface area (Å²) in [7, 11) is 0. The minimum Gasteiger partial charge on any atom is -0.760 e. The molecule has 0 aliphatic carbocycles. The molecule has 0 N–H and O–H groups in total. The van der Waals surface area contributed by atoms with Crippen LogP contribution in [0.1, 0.15) is 20.3 Å². The lowest BCUT2D eigenvalue weighted by molar-refractivity contribution is 0.367. The molecule has 1 aliphatic heterocycles. The molecule has 0 saturated carbocycles. The average Bonchev–Trinajstić information content (AvgIpc) is 2.10. The SMILES string of the molecule is CC1(C)CCN(S(=O)[O-])C1. The lowest BCUT2D eigenvalue weighted by Crippen LogP contribution is -2.24. The van der Waals surface area contributed by atoms with Crippen molar-refractivity contribution in [2.24, 2.45) is 5.41 Å². The molecule has 10 heavy (non-hydrogen) atoms. The zero-order valence-corrected chi connectivity index (χ0v) is 7.11. The van der Waals surface area contributed by atoms with Gasteiger partial charge in [0.2, 0.25) is 0 Å². The van der Waals surface area contributed by atoms with Crippen LogP contribution in [0.4, 0.5) is 0 Å². The van der Waals surface area contributed by atoms with Crippen molar-refractivity contribution >= 4 is 11.3 Å². The molecule has 1 heterocycles. The van der Waals surface area contributed by atoms with Gasteiger partial charge in [0.1, 0.15) is 0 Å². The second-order valence-corrected chi connectivity index (χ2v) is 4.45. The van der Waals surface area contributed by atoms with Gasteiger partial charge in [-0.2, -0.15) is 0 Å². The van der Waals surface area contributed by atoms with Gasteiger partial charge in [0.15, 0.2) is 0 Å². The van der Waals surface area contributed by atoms with E-state index in [-0.39, 0.29) is 5.41 Å². The van der Waals surface area contributed by atoms with E-state index in [4.69, 9.17) is 0 Å². The molecule has 1 aliphatic rings. The molecule has 60 valence electrons. The highest BCUT2D eigenvalue weighted by atomic mass is 32.2. The fourth-order valence-corrected chi connectivity index (χ4v) is 1.89. The minimum absolute atomic E-state index is 0.181. The van der Waals surface area contributed by atoms with Gasteiger partial charge in [-0.25, -0.2) is 4.31 Å². The topological polar surface area (TPSA) is 43.4 Å². The largest absolute Gasteiger partial charge is 0.760 e. The Morgan fingerprint density at radius 1 is 1.60 bits per heavy atom. The van der Waals surface area contributed by atoms with Crippen LogP contribution in [-0.4, -0.2) is 26.2 Å². The van der Waals surface area contributed by atoms with E-state index in [1.54, 1.807) is 0 Å². The molecule has 0 spiro atoms. The van der Waals surface area contributed by atoms with E-state index >= 15 is 0 Å². The summed E-state index contributed by atoms with van der Waals surface area (Å²) in [5, 5.41) is 0. The summed E-state index contributed by atoms with van der Waals surface area (Å²) >= 11 is -2.00. The van der Waals surface area contributed by atoms with Crippen LogP contribution in [-0.2, 0) is 11.3 Å². The first kappa shape index (κ1) is 8.17. The van der Waals surface area contributed by atoms with Crippen molar-refractivity contribution in [3.05, 3.63) is 0 Å². The highest BCUT2D eigenvalue weighted by molar-refractivity contribution is 7.76. The van der Waals surface area contributed by atoms with Crippen LogP contribution in [0.3, 0.4) is 0 Å². The van der Waals surface area contributed by atoms with E-state index in [1.165, 1.54) is 4.31 Å². The standard InChI is InChI=1S/C6H13NO2S/c1-6(2)3-4-7(5-6)10(8)9/h3-5H2,1-2H3,(H,8,9)/p-1. The third-order valence-corrected chi connectivity index (χ3v) is 2.59. The predicted molar refractivity (Wildman–Crippen MR) is 38.9 cm³/mol. The van der Waals surface area contributed by atoms with Crippen LogP contribution in [0, 0.1) is 5.41 Å². The first-order chi connectivity index (χ1) is 4.51. The summed E-state index contributed by atoms with van der Waals surface area (Å²) in [5.74, 6) is 0. The van der Waals surface area contributed by atoms with Crippen LogP contribution >= 0.6 is 0 Å². The van der Waals surface area contributed by atoms with Gasteiger partial charge in [0.05, 0.1) is 0 Å². The Morgan fingerprint density at radius 2 is 2.20 bits per heavy atom. The van der Waals surface area contributed by atoms with Crippen LogP contribution in [0.15, 0.2) is 0 Å². The second kappa shape index (κ2) is 2.60. The van der Waals surface area contributed by atoms with Crippen LogP contribution < -0.4 is 0 Å². The molecule has 1 atom stereocenters. The Hall–Kier alpha value is 0.0700. The molecule has 3 nitrogen and oxygen atoms in total. The fourth-order valence-electron chi connectivity index (χ4n) is 1.19. The van der Waals surface area contributed by atoms with Gasteiger partial charge in [0.25, 0.3) is 0 Å². The van der Waals surface area contributed by atoms with E-state index < -0.39 is 11.3 Å². The summed E-state index contributed by atoms with van der Waals surface area (Å²) in [5.41, 5.74) is 0.181. The van der Waals surface area contributed by atoms with Gasteiger partial charge in [0, 0.05) is 24.4 Å². The van der Waals surface area contributed by atoms with Crippen molar-refractivity contribution in [3.8, 4) is 0 Å². The molecule has 0 aromatic rings. The summed E-state index contributed by atoms with van der Waals surface area (Å²) in [4.78, 5) is 0. The summed E-state index contributed by atoms with van der Waals surface area (Å²) in [6.07, 6.45) is 0.973. The van der Waals surface area contributed by atoms with Crippen LogP contribution in [0.5, 0.6) is 0 Å². The van der Waals surface area contributed by atoms with Crippen molar-refractivity contribution in [1.82, 2.24) is 4.31 Å². The van der Waals surface area contributed by atoms with Crippen LogP contribution in [0.25, 0.3) is 0 Å². The predicted octanol–water partition coefficient (Wildman–Crippen LogP) is 0.512. The molecule has 1 saturated heterocycles. The van der Waals surface area contributed by atoms with E-state index in [2.05, 4.69) is 13.8 Å². The van der Waals surface area contributed by atoms with Crippen molar-refractivity contribution < 1.29 is 8.76 Å². The van der Waals surface area contributed by atoms with E-state index in [1.807, 2.05) is 0 Å². The molecule has 4 heteroatoms. The van der Waals surface area contributed by atoms with E-state index in [0.717, 1.165) is 6.42 Å². The van der Waals surface area contributed by atoms with Gasteiger partial charge in [-0.15, -0.1) is 0 Å². The zero-order chi connectivity index (χ0) is 7.78.